The summed E-state index contributed by atoms with van der Waals surface area (Å²) in [6.45, 7) is 8.86. The summed E-state index contributed by atoms with van der Waals surface area (Å²) in [6, 6.07) is 0. The average molecular weight is 282 g/mol. The summed E-state index contributed by atoms with van der Waals surface area (Å²) in [4.78, 5) is 14.7. The van der Waals surface area contributed by atoms with Gasteiger partial charge in [0.1, 0.15) is 12.2 Å². The lowest BCUT2D eigenvalue weighted by Crippen LogP contribution is -2.21. The van der Waals surface area contributed by atoms with Gasteiger partial charge in [-0.05, 0) is 31.2 Å². The van der Waals surface area contributed by atoms with E-state index in [0.29, 0.717) is 18.4 Å². The molecule has 0 aliphatic rings. The summed E-state index contributed by atoms with van der Waals surface area (Å²) in [7, 11) is 0. The molecule has 20 heavy (non-hydrogen) atoms. The summed E-state index contributed by atoms with van der Waals surface area (Å²) >= 11 is 0. The Hall–Kier alpha value is -1.43. The predicted octanol–water partition coefficient (Wildman–Crippen LogP) is 1.91. The Balaban J connectivity index is 2.21. The van der Waals surface area contributed by atoms with Gasteiger partial charge in [-0.1, -0.05) is 20.8 Å². The number of hydrogen-bond donors (Lipinski definition) is 2. The zero-order chi connectivity index (χ0) is 15.0. The van der Waals surface area contributed by atoms with E-state index >= 15 is 0 Å². The summed E-state index contributed by atoms with van der Waals surface area (Å²) in [5.41, 5.74) is 0. The summed E-state index contributed by atoms with van der Waals surface area (Å²) < 4.78 is 1.94. The van der Waals surface area contributed by atoms with E-state index in [9.17, 15) is 4.79 Å². The quantitative estimate of drug-likeness (QED) is 0.641. The van der Waals surface area contributed by atoms with Crippen LogP contribution in [0.15, 0.2) is 6.33 Å². The molecule has 0 fully saturated rings. The summed E-state index contributed by atoms with van der Waals surface area (Å²) in [6.07, 6.45) is 3.56. The van der Waals surface area contributed by atoms with E-state index in [0.717, 1.165) is 31.8 Å². The molecule has 0 aliphatic carbocycles. The first-order chi connectivity index (χ1) is 9.49. The lowest BCUT2D eigenvalue weighted by atomic mass is 10.0. The highest BCUT2D eigenvalue weighted by Crippen LogP contribution is 2.09. The summed E-state index contributed by atoms with van der Waals surface area (Å²) in [5, 5.41) is 16.2. The van der Waals surface area contributed by atoms with Crippen molar-refractivity contribution >= 4 is 5.97 Å². The zero-order valence-corrected chi connectivity index (χ0v) is 12.7. The normalized spacial score (nSPS) is 12.8. The van der Waals surface area contributed by atoms with E-state index < -0.39 is 5.97 Å². The third-order valence-electron chi connectivity index (χ3n) is 3.18. The maximum atomic E-state index is 10.5. The van der Waals surface area contributed by atoms with Crippen molar-refractivity contribution in [2.75, 3.05) is 6.54 Å². The monoisotopic (exact) mass is 282 g/mol. The zero-order valence-electron chi connectivity index (χ0n) is 12.7. The SMILES string of the molecule is CC(C)Cn1ncnc1CNCCC(C)CCC(=O)O. The number of carboxylic acids is 1. The number of aromatic nitrogens is 3. The molecule has 1 unspecified atom stereocenters. The minimum atomic E-state index is -0.716. The minimum Gasteiger partial charge on any atom is -0.481 e. The lowest BCUT2D eigenvalue weighted by molar-refractivity contribution is -0.137. The highest BCUT2D eigenvalue weighted by Gasteiger charge is 2.07. The average Bonchev–Trinajstić information content (AvgIpc) is 2.78. The van der Waals surface area contributed by atoms with Gasteiger partial charge in [0.05, 0.1) is 6.54 Å². The highest BCUT2D eigenvalue weighted by molar-refractivity contribution is 5.66. The van der Waals surface area contributed by atoms with Crippen molar-refractivity contribution in [3.8, 4) is 0 Å². The number of carboxylic acid groups (broad SMARTS) is 1. The van der Waals surface area contributed by atoms with Crippen LogP contribution in [-0.2, 0) is 17.9 Å². The molecule has 1 heterocycles. The number of nitrogens with zero attached hydrogens (tertiary/aromatic N) is 3. The molecule has 2 N–H and O–H groups in total. The van der Waals surface area contributed by atoms with E-state index in [2.05, 4.69) is 36.2 Å². The molecule has 0 saturated heterocycles. The van der Waals surface area contributed by atoms with Crippen LogP contribution in [0.5, 0.6) is 0 Å². The van der Waals surface area contributed by atoms with Crippen LogP contribution < -0.4 is 5.32 Å². The standard InChI is InChI=1S/C14H26N4O2/c1-11(2)9-18-13(16-10-17-18)8-15-7-6-12(3)4-5-14(19)20/h10-12,15H,4-9H2,1-3H3,(H,19,20). The summed E-state index contributed by atoms with van der Waals surface area (Å²) in [5.74, 6) is 1.21. The number of nitrogens with one attached hydrogen (secondary N) is 1. The van der Waals surface area contributed by atoms with Gasteiger partial charge in [-0.15, -0.1) is 0 Å². The van der Waals surface area contributed by atoms with Crippen molar-refractivity contribution in [2.24, 2.45) is 11.8 Å². The van der Waals surface area contributed by atoms with E-state index in [1.165, 1.54) is 0 Å². The molecule has 1 aromatic rings. The molecule has 1 aromatic heterocycles. The first-order valence-corrected chi connectivity index (χ1v) is 7.28. The first-order valence-electron chi connectivity index (χ1n) is 7.28. The number of rotatable bonds is 10. The van der Waals surface area contributed by atoms with Crippen LogP contribution in [0.2, 0.25) is 0 Å². The molecule has 0 bridgehead atoms. The van der Waals surface area contributed by atoms with Crippen molar-refractivity contribution in [1.82, 2.24) is 20.1 Å². The molecule has 1 rings (SSSR count). The Kier molecular flexibility index (Phi) is 7.22. The Morgan fingerprint density at radius 2 is 2.15 bits per heavy atom. The van der Waals surface area contributed by atoms with Crippen LogP contribution in [0.1, 0.15) is 45.9 Å². The lowest BCUT2D eigenvalue weighted by Gasteiger charge is -2.11. The van der Waals surface area contributed by atoms with Gasteiger partial charge in [0, 0.05) is 13.0 Å². The second-order valence-corrected chi connectivity index (χ2v) is 5.76. The molecule has 114 valence electrons. The number of carbonyl (C=O) groups is 1. The second kappa shape index (κ2) is 8.68. The van der Waals surface area contributed by atoms with Crippen LogP contribution in [0.25, 0.3) is 0 Å². The first kappa shape index (κ1) is 16.6. The Morgan fingerprint density at radius 1 is 1.40 bits per heavy atom. The van der Waals surface area contributed by atoms with Gasteiger partial charge in [-0.25, -0.2) is 9.67 Å². The molecule has 0 saturated carbocycles. The van der Waals surface area contributed by atoms with Gasteiger partial charge in [0.2, 0.25) is 0 Å². The van der Waals surface area contributed by atoms with Crippen molar-refractivity contribution in [1.29, 1.82) is 0 Å². The van der Waals surface area contributed by atoms with Gasteiger partial charge in [0.15, 0.2) is 0 Å². The van der Waals surface area contributed by atoms with Crippen LogP contribution >= 0.6 is 0 Å². The predicted molar refractivity (Wildman–Crippen MR) is 77.2 cm³/mol. The Bertz CT molecular complexity index is 404. The van der Waals surface area contributed by atoms with E-state index in [1.807, 2.05) is 4.68 Å². The number of hydrogen-bond acceptors (Lipinski definition) is 4. The maximum absolute atomic E-state index is 10.5. The van der Waals surface area contributed by atoms with Crippen LogP contribution in [0.4, 0.5) is 0 Å². The molecule has 6 nitrogen and oxygen atoms in total. The van der Waals surface area contributed by atoms with E-state index in [4.69, 9.17) is 5.11 Å². The molecular weight excluding hydrogens is 256 g/mol. The van der Waals surface area contributed by atoms with Gasteiger partial charge in [-0.3, -0.25) is 4.79 Å². The fraction of sp³-hybridized carbons (Fsp3) is 0.786. The molecule has 0 spiro atoms. The maximum Gasteiger partial charge on any atom is 0.303 e. The van der Waals surface area contributed by atoms with Crippen LogP contribution in [0.3, 0.4) is 0 Å². The van der Waals surface area contributed by atoms with Crippen molar-refractivity contribution < 1.29 is 9.90 Å². The number of aliphatic carboxylic acids is 1. The molecule has 1 atom stereocenters. The molecular formula is C14H26N4O2. The van der Waals surface area contributed by atoms with Gasteiger partial charge in [-0.2, -0.15) is 5.10 Å². The molecule has 0 aliphatic heterocycles. The van der Waals surface area contributed by atoms with Crippen LogP contribution in [0, 0.1) is 11.8 Å². The van der Waals surface area contributed by atoms with Gasteiger partial charge >= 0.3 is 5.97 Å². The molecule has 0 radical (unpaired) electrons. The molecule has 0 aromatic carbocycles. The fourth-order valence-corrected chi connectivity index (χ4v) is 1.99. The second-order valence-electron chi connectivity index (χ2n) is 5.76. The third kappa shape index (κ3) is 6.65. The van der Waals surface area contributed by atoms with Crippen molar-refractivity contribution in [3.05, 3.63) is 12.2 Å². The van der Waals surface area contributed by atoms with E-state index in [-0.39, 0.29) is 6.42 Å². The highest BCUT2D eigenvalue weighted by atomic mass is 16.4. The topological polar surface area (TPSA) is 80.0 Å². The van der Waals surface area contributed by atoms with Gasteiger partial charge in [0.25, 0.3) is 0 Å². The Labute approximate surface area is 120 Å². The smallest absolute Gasteiger partial charge is 0.303 e. The molecule has 0 amide bonds. The minimum absolute atomic E-state index is 0.254. The third-order valence-corrected chi connectivity index (χ3v) is 3.18. The fourth-order valence-electron chi connectivity index (χ4n) is 1.99. The van der Waals surface area contributed by atoms with Crippen molar-refractivity contribution in [2.45, 2.75) is 53.1 Å². The molecule has 6 heteroatoms. The van der Waals surface area contributed by atoms with Crippen LogP contribution in [-0.4, -0.2) is 32.4 Å². The Morgan fingerprint density at radius 3 is 2.80 bits per heavy atom. The van der Waals surface area contributed by atoms with Gasteiger partial charge < -0.3 is 10.4 Å². The van der Waals surface area contributed by atoms with Crippen molar-refractivity contribution in [3.63, 3.8) is 0 Å². The van der Waals surface area contributed by atoms with E-state index in [1.54, 1.807) is 6.33 Å². The largest absolute Gasteiger partial charge is 0.481 e.